The number of nitrogens with one attached hydrogen (secondary N) is 2. The maximum atomic E-state index is 12.5. The van der Waals surface area contributed by atoms with Crippen LogP contribution in [0.15, 0.2) is 36.4 Å². The van der Waals surface area contributed by atoms with Crippen LogP contribution in [0.4, 0.5) is 11.4 Å². The van der Waals surface area contributed by atoms with E-state index in [0.717, 1.165) is 48.2 Å². The lowest BCUT2D eigenvalue weighted by molar-refractivity contribution is -0.117. The van der Waals surface area contributed by atoms with Gasteiger partial charge in [-0.3, -0.25) is 9.69 Å². The highest BCUT2D eigenvalue weighted by Crippen LogP contribution is 2.19. The fourth-order valence-corrected chi connectivity index (χ4v) is 3.75. The topological polar surface area (TPSA) is 47.6 Å². The first-order valence-corrected chi connectivity index (χ1v) is 10.5. The zero-order valence-electron chi connectivity index (χ0n) is 17.7. The number of anilines is 2. The molecule has 6 heteroatoms. The normalized spacial score (nSPS) is 14.6. The molecule has 0 aliphatic carbocycles. The molecule has 2 N–H and O–H groups in total. The molecule has 0 bridgehead atoms. The van der Waals surface area contributed by atoms with E-state index in [4.69, 9.17) is 12.2 Å². The van der Waals surface area contributed by atoms with Crippen LogP contribution >= 0.6 is 12.2 Å². The number of benzene rings is 2. The van der Waals surface area contributed by atoms with E-state index in [1.165, 1.54) is 16.7 Å². The molecule has 0 saturated carbocycles. The zero-order valence-corrected chi connectivity index (χ0v) is 18.5. The predicted octanol–water partition coefficient (Wildman–Crippen LogP) is 3.87. The average Bonchev–Trinajstić information content (AvgIpc) is 2.69. The number of thiocarbonyl (C=S) groups is 1. The van der Waals surface area contributed by atoms with Crippen LogP contribution in [0.5, 0.6) is 0 Å². The Bertz CT molecular complexity index is 904. The minimum Gasteiger partial charge on any atom is -0.346 e. The average molecular weight is 411 g/mol. The van der Waals surface area contributed by atoms with Gasteiger partial charge in [0.25, 0.3) is 0 Å². The summed E-state index contributed by atoms with van der Waals surface area (Å²) in [6.07, 6.45) is 0. The highest BCUT2D eigenvalue weighted by Gasteiger charge is 2.21. The van der Waals surface area contributed by atoms with Crippen LogP contribution in [0.1, 0.15) is 22.3 Å². The molecule has 154 valence electrons. The molecule has 1 amide bonds. The molecule has 2 aromatic carbocycles. The third kappa shape index (κ3) is 5.55. The van der Waals surface area contributed by atoms with Crippen LogP contribution < -0.4 is 10.6 Å². The maximum Gasteiger partial charge on any atom is 0.238 e. The summed E-state index contributed by atoms with van der Waals surface area (Å²) >= 11 is 5.62. The third-order valence-electron chi connectivity index (χ3n) is 5.54. The Hall–Kier alpha value is -2.44. The number of nitrogens with zero attached hydrogens (tertiary/aromatic N) is 2. The summed E-state index contributed by atoms with van der Waals surface area (Å²) in [7, 11) is 0. The molecule has 1 aliphatic rings. The first kappa shape index (κ1) is 21.3. The quantitative estimate of drug-likeness (QED) is 0.750. The molecule has 1 fully saturated rings. The molecule has 0 spiro atoms. The summed E-state index contributed by atoms with van der Waals surface area (Å²) in [5.74, 6) is 0.0308. The Balaban J connectivity index is 1.48. The standard InChI is InChI=1S/C23H30N4OS/c1-16-8-9-18(3)21(14-16)25-23(29)27-12-10-26(11-13-27)15-22(28)24-20-7-5-6-17(2)19(20)4/h5-9,14H,10-13,15H2,1-4H3,(H,24,28)(H,25,29). The molecule has 0 aromatic heterocycles. The molecule has 0 radical (unpaired) electrons. The highest BCUT2D eigenvalue weighted by atomic mass is 32.1. The van der Waals surface area contributed by atoms with Crippen molar-refractivity contribution in [1.82, 2.24) is 9.80 Å². The largest absolute Gasteiger partial charge is 0.346 e. The number of piperazine rings is 1. The molecular formula is C23H30N4OS. The maximum absolute atomic E-state index is 12.5. The van der Waals surface area contributed by atoms with E-state index < -0.39 is 0 Å². The van der Waals surface area contributed by atoms with E-state index in [1.54, 1.807) is 0 Å². The second kappa shape index (κ2) is 9.37. The van der Waals surface area contributed by atoms with Gasteiger partial charge < -0.3 is 15.5 Å². The second-order valence-corrected chi connectivity index (χ2v) is 8.19. The van der Waals surface area contributed by atoms with Crippen LogP contribution in [0.25, 0.3) is 0 Å². The van der Waals surface area contributed by atoms with E-state index in [-0.39, 0.29) is 5.91 Å². The summed E-state index contributed by atoms with van der Waals surface area (Å²) in [6.45, 7) is 11.9. The highest BCUT2D eigenvalue weighted by molar-refractivity contribution is 7.80. The minimum absolute atomic E-state index is 0.0308. The number of amides is 1. The SMILES string of the molecule is Cc1ccc(C)c(NC(=S)N2CCN(CC(=O)Nc3cccc(C)c3C)CC2)c1. The number of hydrogen-bond donors (Lipinski definition) is 2. The molecule has 3 rings (SSSR count). The van der Waals surface area contributed by atoms with Crippen molar-refractivity contribution in [2.45, 2.75) is 27.7 Å². The summed E-state index contributed by atoms with van der Waals surface area (Å²) in [6, 6.07) is 12.3. The summed E-state index contributed by atoms with van der Waals surface area (Å²) in [4.78, 5) is 16.8. The lowest BCUT2D eigenvalue weighted by atomic mass is 10.1. The Morgan fingerprint density at radius 1 is 0.931 bits per heavy atom. The summed E-state index contributed by atoms with van der Waals surface area (Å²) in [5.41, 5.74) is 6.65. The first-order chi connectivity index (χ1) is 13.8. The van der Waals surface area contributed by atoms with Crippen molar-refractivity contribution < 1.29 is 4.79 Å². The van der Waals surface area contributed by atoms with Crippen molar-refractivity contribution in [3.63, 3.8) is 0 Å². The van der Waals surface area contributed by atoms with Gasteiger partial charge in [0.05, 0.1) is 6.54 Å². The van der Waals surface area contributed by atoms with E-state index >= 15 is 0 Å². The van der Waals surface area contributed by atoms with Crippen LogP contribution in [0.2, 0.25) is 0 Å². The molecule has 29 heavy (non-hydrogen) atoms. The van der Waals surface area contributed by atoms with Crippen molar-refractivity contribution in [3.8, 4) is 0 Å². The lowest BCUT2D eigenvalue weighted by Crippen LogP contribution is -2.51. The van der Waals surface area contributed by atoms with Crippen molar-refractivity contribution in [3.05, 3.63) is 58.7 Å². The number of hydrogen-bond acceptors (Lipinski definition) is 3. The van der Waals surface area contributed by atoms with Gasteiger partial charge in [-0.2, -0.15) is 0 Å². The van der Waals surface area contributed by atoms with Crippen LogP contribution in [0, 0.1) is 27.7 Å². The minimum atomic E-state index is 0.0308. The van der Waals surface area contributed by atoms with Crippen LogP contribution in [0.3, 0.4) is 0 Å². The van der Waals surface area contributed by atoms with Crippen molar-refractivity contribution >= 4 is 34.6 Å². The first-order valence-electron chi connectivity index (χ1n) is 10.0. The van der Waals surface area contributed by atoms with Crippen molar-refractivity contribution in [1.29, 1.82) is 0 Å². The van der Waals surface area contributed by atoms with Gasteiger partial charge in [-0.15, -0.1) is 0 Å². The van der Waals surface area contributed by atoms with Gasteiger partial charge in [0, 0.05) is 37.6 Å². The van der Waals surface area contributed by atoms with Gasteiger partial charge in [0.2, 0.25) is 5.91 Å². The molecule has 2 aromatic rings. The number of aryl methyl sites for hydroxylation is 3. The molecule has 1 aliphatic heterocycles. The molecule has 0 atom stereocenters. The smallest absolute Gasteiger partial charge is 0.238 e. The third-order valence-corrected chi connectivity index (χ3v) is 5.90. The van der Waals surface area contributed by atoms with Crippen LogP contribution in [-0.2, 0) is 4.79 Å². The van der Waals surface area contributed by atoms with Crippen molar-refractivity contribution in [2.24, 2.45) is 0 Å². The Morgan fingerprint density at radius 2 is 1.66 bits per heavy atom. The van der Waals surface area contributed by atoms with Gasteiger partial charge in [0.15, 0.2) is 5.11 Å². The van der Waals surface area contributed by atoms with E-state index in [2.05, 4.69) is 65.5 Å². The zero-order chi connectivity index (χ0) is 21.0. The summed E-state index contributed by atoms with van der Waals surface area (Å²) in [5, 5.41) is 7.17. The molecular weight excluding hydrogens is 380 g/mol. The Labute approximate surface area is 179 Å². The number of carbonyl (C=O) groups excluding carboxylic acids is 1. The van der Waals surface area contributed by atoms with Gasteiger partial charge in [-0.25, -0.2) is 0 Å². The predicted molar refractivity (Wildman–Crippen MR) is 125 cm³/mol. The molecule has 5 nitrogen and oxygen atoms in total. The van der Waals surface area contributed by atoms with Gasteiger partial charge >= 0.3 is 0 Å². The van der Waals surface area contributed by atoms with Crippen molar-refractivity contribution in [2.75, 3.05) is 43.4 Å². The van der Waals surface area contributed by atoms with E-state index in [1.807, 2.05) is 19.1 Å². The Kier molecular flexibility index (Phi) is 6.87. The van der Waals surface area contributed by atoms with Gasteiger partial charge in [-0.05, 0) is 74.3 Å². The van der Waals surface area contributed by atoms with Crippen LogP contribution in [-0.4, -0.2) is 53.5 Å². The lowest BCUT2D eigenvalue weighted by Gasteiger charge is -2.36. The van der Waals surface area contributed by atoms with E-state index in [0.29, 0.717) is 6.54 Å². The van der Waals surface area contributed by atoms with E-state index in [9.17, 15) is 4.79 Å². The Morgan fingerprint density at radius 3 is 2.38 bits per heavy atom. The molecule has 0 unspecified atom stereocenters. The van der Waals surface area contributed by atoms with Gasteiger partial charge in [-0.1, -0.05) is 24.3 Å². The monoisotopic (exact) mass is 410 g/mol. The second-order valence-electron chi connectivity index (χ2n) is 7.81. The number of rotatable bonds is 4. The fourth-order valence-electron chi connectivity index (χ4n) is 3.45. The summed E-state index contributed by atoms with van der Waals surface area (Å²) < 4.78 is 0. The van der Waals surface area contributed by atoms with Gasteiger partial charge in [0.1, 0.15) is 0 Å². The molecule has 1 saturated heterocycles. The fraction of sp³-hybridized carbons (Fsp3) is 0.391. The molecule has 1 heterocycles. The number of carbonyl (C=O) groups is 1.